The standard InChI is InChI=1S/C13H12N4O2/c1-7-10(13(18)19)16-11(14-7)12-15-8-5-3-4-6-9(8)17(12)2/h3-6H,1-2H3,(H,14,16)(H,18,19). The quantitative estimate of drug-likeness (QED) is 0.734. The molecule has 0 radical (unpaired) electrons. The maximum atomic E-state index is 11.0. The van der Waals surface area contributed by atoms with Crippen molar-refractivity contribution < 1.29 is 9.90 Å². The number of carbonyl (C=O) groups is 1. The summed E-state index contributed by atoms with van der Waals surface area (Å²) in [7, 11) is 1.88. The van der Waals surface area contributed by atoms with Gasteiger partial charge in [-0.1, -0.05) is 12.1 Å². The summed E-state index contributed by atoms with van der Waals surface area (Å²) in [4.78, 5) is 22.6. The molecular formula is C13H12N4O2. The van der Waals surface area contributed by atoms with Gasteiger partial charge in [0.15, 0.2) is 17.3 Å². The maximum Gasteiger partial charge on any atom is 0.356 e. The zero-order valence-corrected chi connectivity index (χ0v) is 10.5. The zero-order chi connectivity index (χ0) is 13.6. The van der Waals surface area contributed by atoms with Crippen LogP contribution in [-0.2, 0) is 7.05 Å². The number of fused-ring (bicyclic) bond motifs is 1. The van der Waals surface area contributed by atoms with Crippen LogP contribution in [0.15, 0.2) is 24.3 Å². The summed E-state index contributed by atoms with van der Waals surface area (Å²) in [6, 6.07) is 7.71. The van der Waals surface area contributed by atoms with Gasteiger partial charge in [0.05, 0.1) is 11.0 Å². The van der Waals surface area contributed by atoms with E-state index in [0.29, 0.717) is 17.3 Å². The highest BCUT2D eigenvalue weighted by atomic mass is 16.4. The molecule has 0 unspecified atom stereocenters. The van der Waals surface area contributed by atoms with Crippen molar-refractivity contribution in [1.82, 2.24) is 19.5 Å². The SMILES string of the molecule is Cc1[nH]c(-c2nc3ccccc3n2C)nc1C(=O)O. The van der Waals surface area contributed by atoms with E-state index in [4.69, 9.17) is 5.11 Å². The fraction of sp³-hybridized carbons (Fsp3) is 0.154. The summed E-state index contributed by atoms with van der Waals surface area (Å²) in [5.74, 6) is 0.0455. The van der Waals surface area contributed by atoms with Crippen LogP contribution in [0.5, 0.6) is 0 Å². The first-order valence-electron chi connectivity index (χ1n) is 5.79. The van der Waals surface area contributed by atoms with Crippen LogP contribution in [0.1, 0.15) is 16.2 Å². The molecule has 0 amide bonds. The number of nitrogens with zero attached hydrogens (tertiary/aromatic N) is 3. The highest BCUT2D eigenvalue weighted by Gasteiger charge is 2.18. The van der Waals surface area contributed by atoms with Crippen molar-refractivity contribution in [2.75, 3.05) is 0 Å². The average Bonchev–Trinajstić information content (AvgIpc) is 2.91. The van der Waals surface area contributed by atoms with Gasteiger partial charge in [-0.15, -0.1) is 0 Å². The van der Waals surface area contributed by atoms with Crippen molar-refractivity contribution in [2.24, 2.45) is 7.05 Å². The second kappa shape index (κ2) is 3.94. The number of rotatable bonds is 2. The fourth-order valence-electron chi connectivity index (χ4n) is 2.13. The van der Waals surface area contributed by atoms with Gasteiger partial charge < -0.3 is 14.7 Å². The Labute approximate surface area is 108 Å². The lowest BCUT2D eigenvalue weighted by Crippen LogP contribution is -1.99. The second-order valence-electron chi connectivity index (χ2n) is 4.35. The number of aromatic amines is 1. The first-order chi connectivity index (χ1) is 9.08. The van der Waals surface area contributed by atoms with Gasteiger partial charge in [0.2, 0.25) is 0 Å². The number of aromatic carboxylic acids is 1. The van der Waals surface area contributed by atoms with Crippen LogP contribution in [0.3, 0.4) is 0 Å². The topological polar surface area (TPSA) is 83.8 Å². The largest absolute Gasteiger partial charge is 0.476 e. The minimum Gasteiger partial charge on any atom is -0.476 e. The number of hydrogen-bond donors (Lipinski definition) is 2. The number of imidazole rings is 2. The van der Waals surface area contributed by atoms with E-state index in [-0.39, 0.29) is 5.69 Å². The lowest BCUT2D eigenvalue weighted by Gasteiger charge is -1.97. The minimum atomic E-state index is -1.04. The molecule has 6 heteroatoms. The van der Waals surface area contributed by atoms with Crippen molar-refractivity contribution in [3.63, 3.8) is 0 Å². The molecule has 2 aromatic heterocycles. The Morgan fingerprint density at radius 1 is 1.32 bits per heavy atom. The van der Waals surface area contributed by atoms with E-state index in [0.717, 1.165) is 11.0 Å². The molecule has 2 heterocycles. The van der Waals surface area contributed by atoms with Gasteiger partial charge in [-0.3, -0.25) is 0 Å². The highest BCUT2D eigenvalue weighted by molar-refractivity contribution is 5.87. The number of carboxylic acid groups (broad SMARTS) is 1. The van der Waals surface area contributed by atoms with E-state index < -0.39 is 5.97 Å². The van der Waals surface area contributed by atoms with Gasteiger partial charge >= 0.3 is 5.97 Å². The molecule has 0 saturated heterocycles. The lowest BCUT2D eigenvalue weighted by molar-refractivity contribution is 0.0690. The maximum absolute atomic E-state index is 11.0. The summed E-state index contributed by atoms with van der Waals surface area (Å²) in [5.41, 5.74) is 2.38. The molecule has 0 bridgehead atoms. The van der Waals surface area contributed by atoms with Gasteiger partial charge in [0.1, 0.15) is 0 Å². The van der Waals surface area contributed by atoms with Gasteiger partial charge in [-0.25, -0.2) is 14.8 Å². The van der Waals surface area contributed by atoms with Crippen molar-refractivity contribution >= 4 is 17.0 Å². The normalized spacial score (nSPS) is 11.1. The van der Waals surface area contributed by atoms with Gasteiger partial charge in [0.25, 0.3) is 0 Å². The van der Waals surface area contributed by atoms with Gasteiger partial charge in [0, 0.05) is 12.7 Å². The number of aromatic nitrogens is 4. The molecule has 0 aliphatic heterocycles. The molecule has 0 atom stereocenters. The number of H-pyrrole nitrogens is 1. The second-order valence-corrected chi connectivity index (χ2v) is 4.35. The summed E-state index contributed by atoms with van der Waals surface area (Å²) in [6.45, 7) is 1.68. The molecule has 3 rings (SSSR count). The van der Waals surface area contributed by atoms with E-state index in [1.807, 2.05) is 35.9 Å². The molecule has 0 saturated carbocycles. The minimum absolute atomic E-state index is 0.0297. The van der Waals surface area contributed by atoms with Crippen LogP contribution in [0, 0.1) is 6.92 Å². The van der Waals surface area contributed by atoms with Gasteiger partial charge in [-0.2, -0.15) is 0 Å². The predicted octanol–water partition coefficient (Wildman–Crippen LogP) is 1.97. The van der Waals surface area contributed by atoms with E-state index in [2.05, 4.69) is 15.0 Å². The smallest absolute Gasteiger partial charge is 0.356 e. The van der Waals surface area contributed by atoms with Crippen LogP contribution in [-0.4, -0.2) is 30.6 Å². The molecule has 6 nitrogen and oxygen atoms in total. The van der Waals surface area contributed by atoms with Crippen molar-refractivity contribution in [3.8, 4) is 11.6 Å². The van der Waals surface area contributed by atoms with Gasteiger partial charge in [-0.05, 0) is 19.1 Å². The summed E-state index contributed by atoms with van der Waals surface area (Å²) < 4.78 is 1.89. The molecule has 19 heavy (non-hydrogen) atoms. The molecular weight excluding hydrogens is 244 g/mol. The van der Waals surface area contributed by atoms with Crippen LogP contribution >= 0.6 is 0 Å². The third-order valence-electron chi connectivity index (χ3n) is 3.09. The Balaban J connectivity index is 2.22. The third-order valence-corrected chi connectivity index (χ3v) is 3.09. The molecule has 0 aliphatic carbocycles. The predicted molar refractivity (Wildman–Crippen MR) is 70.0 cm³/mol. The molecule has 1 aromatic carbocycles. The highest BCUT2D eigenvalue weighted by Crippen LogP contribution is 2.22. The average molecular weight is 256 g/mol. The Hall–Kier alpha value is -2.63. The van der Waals surface area contributed by atoms with Crippen molar-refractivity contribution in [2.45, 2.75) is 6.92 Å². The summed E-state index contributed by atoms with van der Waals surface area (Å²) in [6.07, 6.45) is 0. The fourth-order valence-corrected chi connectivity index (χ4v) is 2.13. The number of para-hydroxylation sites is 2. The number of nitrogens with one attached hydrogen (secondary N) is 1. The van der Waals surface area contributed by atoms with E-state index in [9.17, 15) is 4.79 Å². The van der Waals surface area contributed by atoms with Crippen LogP contribution < -0.4 is 0 Å². The van der Waals surface area contributed by atoms with Crippen LogP contribution in [0.4, 0.5) is 0 Å². The van der Waals surface area contributed by atoms with Crippen LogP contribution in [0.2, 0.25) is 0 Å². The lowest BCUT2D eigenvalue weighted by atomic mass is 10.3. The zero-order valence-electron chi connectivity index (χ0n) is 10.5. The number of aryl methyl sites for hydroxylation is 2. The molecule has 0 spiro atoms. The molecule has 2 N–H and O–H groups in total. The first-order valence-corrected chi connectivity index (χ1v) is 5.79. The Morgan fingerprint density at radius 3 is 2.68 bits per heavy atom. The first kappa shape index (κ1) is 11.5. The third kappa shape index (κ3) is 1.69. The Kier molecular flexibility index (Phi) is 2.38. The molecule has 0 fully saturated rings. The molecule has 0 aliphatic rings. The van der Waals surface area contributed by atoms with Crippen LogP contribution in [0.25, 0.3) is 22.7 Å². The van der Waals surface area contributed by atoms with E-state index in [1.165, 1.54) is 0 Å². The van der Waals surface area contributed by atoms with Crippen molar-refractivity contribution in [1.29, 1.82) is 0 Å². The van der Waals surface area contributed by atoms with Crippen molar-refractivity contribution in [3.05, 3.63) is 35.7 Å². The number of hydrogen-bond acceptors (Lipinski definition) is 3. The number of benzene rings is 1. The molecule has 3 aromatic rings. The number of carboxylic acids is 1. The monoisotopic (exact) mass is 256 g/mol. The van der Waals surface area contributed by atoms with E-state index in [1.54, 1.807) is 6.92 Å². The summed E-state index contributed by atoms with van der Waals surface area (Å²) in [5, 5.41) is 9.03. The Morgan fingerprint density at radius 2 is 2.05 bits per heavy atom. The molecule has 96 valence electrons. The summed E-state index contributed by atoms with van der Waals surface area (Å²) >= 11 is 0. The van der Waals surface area contributed by atoms with E-state index >= 15 is 0 Å². The Bertz CT molecular complexity index is 785.